The maximum Gasteiger partial charge on any atom is 0.490 e. The SMILES string of the molecule is CN1CCCCC12CCN(Cc1nccs1)CC2.O=C(O)C(F)(F)F.O=C(O)C(F)(F)F. The van der Waals surface area contributed by atoms with E-state index in [2.05, 4.69) is 27.2 Å². The van der Waals surface area contributed by atoms with E-state index in [4.69, 9.17) is 19.8 Å². The minimum Gasteiger partial charge on any atom is -0.475 e. The summed E-state index contributed by atoms with van der Waals surface area (Å²) in [5, 5.41) is 17.6. The first kappa shape index (κ1) is 28.1. The van der Waals surface area contributed by atoms with Gasteiger partial charge in [0.1, 0.15) is 5.01 Å². The molecule has 2 aliphatic rings. The van der Waals surface area contributed by atoms with E-state index >= 15 is 0 Å². The Morgan fingerprint density at radius 3 is 1.88 bits per heavy atom. The van der Waals surface area contributed by atoms with Crippen molar-refractivity contribution in [1.29, 1.82) is 0 Å². The molecule has 1 spiro atoms. The summed E-state index contributed by atoms with van der Waals surface area (Å²) < 4.78 is 63.5. The second kappa shape index (κ2) is 11.8. The Balaban J connectivity index is 0.000000305. The van der Waals surface area contributed by atoms with E-state index in [0.717, 1.165) is 6.54 Å². The van der Waals surface area contributed by atoms with Gasteiger partial charge in [0, 0.05) is 30.2 Å². The molecule has 1 aromatic rings. The number of halogens is 6. The van der Waals surface area contributed by atoms with Crippen LogP contribution in [0.15, 0.2) is 11.6 Å². The van der Waals surface area contributed by atoms with Gasteiger partial charge in [0.2, 0.25) is 0 Å². The van der Waals surface area contributed by atoms with Gasteiger partial charge >= 0.3 is 24.3 Å². The Bertz CT molecular complexity index is 695. The standard InChI is InChI=1S/C14H23N3S.2C2HF3O2/c1-16-8-3-2-4-14(16)5-9-17(10-6-14)12-13-15-7-11-18-13;2*3-2(4,5)1(6)7/h7,11H,2-6,8-10,12H2,1H3;2*(H,6,7). The Hall–Kier alpha value is -1.93. The number of carbonyl (C=O) groups is 2. The highest BCUT2D eigenvalue weighted by molar-refractivity contribution is 7.09. The zero-order valence-corrected chi connectivity index (χ0v) is 18.1. The van der Waals surface area contributed by atoms with Gasteiger partial charge in [0.25, 0.3) is 0 Å². The number of aliphatic carboxylic acids is 2. The van der Waals surface area contributed by atoms with Crippen LogP contribution in [0.25, 0.3) is 0 Å². The molecular weight excluding hydrogens is 468 g/mol. The topological polar surface area (TPSA) is 94.0 Å². The maximum absolute atomic E-state index is 10.6. The van der Waals surface area contributed by atoms with Crippen molar-refractivity contribution in [2.75, 3.05) is 26.7 Å². The highest BCUT2D eigenvalue weighted by atomic mass is 32.1. The average Bonchev–Trinajstić information content (AvgIpc) is 3.19. The van der Waals surface area contributed by atoms with Crippen molar-refractivity contribution >= 4 is 23.3 Å². The van der Waals surface area contributed by atoms with Crippen molar-refractivity contribution in [3.63, 3.8) is 0 Å². The van der Waals surface area contributed by atoms with Gasteiger partial charge in [0.15, 0.2) is 0 Å². The maximum atomic E-state index is 10.6. The summed E-state index contributed by atoms with van der Waals surface area (Å²) in [6, 6.07) is 0. The molecule has 3 rings (SSSR count). The fraction of sp³-hybridized carbons (Fsp3) is 0.722. The molecule has 32 heavy (non-hydrogen) atoms. The Labute approximate surface area is 184 Å². The van der Waals surface area contributed by atoms with Crippen LogP contribution < -0.4 is 0 Å². The molecule has 0 unspecified atom stereocenters. The summed E-state index contributed by atoms with van der Waals surface area (Å²) in [7, 11) is 2.33. The van der Waals surface area contributed by atoms with Gasteiger partial charge in [-0.1, -0.05) is 6.42 Å². The van der Waals surface area contributed by atoms with Crippen LogP contribution in [0.5, 0.6) is 0 Å². The molecular formula is C18H25F6N3O4S. The molecule has 0 atom stereocenters. The number of nitrogens with zero attached hydrogens (tertiary/aromatic N) is 3. The number of carboxylic acids is 2. The molecule has 0 aliphatic carbocycles. The number of thiazole rings is 1. The number of likely N-dealkylation sites (tertiary alicyclic amines) is 2. The second-order valence-corrected chi connectivity index (χ2v) is 8.39. The summed E-state index contributed by atoms with van der Waals surface area (Å²) in [6.07, 6.45) is -1.34. The quantitative estimate of drug-likeness (QED) is 0.605. The van der Waals surface area contributed by atoms with Gasteiger partial charge in [-0.05, 0) is 39.3 Å². The minimum absolute atomic E-state index is 0.525. The zero-order valence-electron chi connectivity index (χ0n) is 17.2. The second-order valence-electron chi connectivity index (χ2n) is 7.41. The molecule has 0 radical (unpaired) electrons. The fourth-order valence-electron chi connectivity index (χ4n) is 3.51. The van der Waals surface area contributed by atoms with Crippen LogP contribution in [0.3, 0.4) is 0 Å². The molecule has 0 bridgehead atoms. The molecule has 0 aromatic carbocycles. The summed E-state index contributed by atoms with van der Waals surface area (Å²) in [4.78, 5) is 27.4. The van der Waals surface area contributed by atoms with Crippen LogP contribution in [0.1, 0.15) is 37.1 Å². The molecule has 1 aromatic heterocycles. The van der Waals surface area contributed by atoms with Gasteiger partial charge in [-0.15, -0.1) is 11.3 Å². The summed E-state index contributed by atoms with van der Waals surface area (Å²) in [5.41, 5.74) is 0.525. The van der Waals surface area contributed by atoms with Crippen LogP contribution in [-0.2, 0) is 16.1 Å². The Kier molecular flexibility index (Phi) is 10.4. The third-order valence-electron chi connectivity index (χ3n) is 5.31. The highest BCUT2D eigenvalue weighted by Crippen LogP contribution is 2.36. The fourth-order valence-corrected chi connectivity index (χ4v) is 4.17. The lowest BCUT2D eigenvalue weighted by Gasteiger charge is -2.50. The van der Waals surface area contributed by atoms with Gasteiger partial charge in [-0.2, -0.15) is 26.3 Å². The van der Waals surface area contributed by atoms with Gasteiger partial charge in [-0.25, -0.2) is 14.6 Å². The number of hydrogen-bond acceptors (Lipinski definition) is 6. The van der Waals surface area contributed by atoms with E-state index < -0.39 is 24.3 Å². The third kappa shape index (κ3) is 9.28. The van der Waals surface area contributed by atoms with Crippen LogP contribution in [-0.4, -0.2) is 81.5 Å². The van der Waals surface area contributed by atoms with Crippen molar-refractivity contribution in [2.45, 2.75) is 56.5 Å². The Morgan fingerprint density at radius 2 is 1.50 bits per heavy atom. The van der Waals surface area contributed by atoms with E-state index in [1.165, 1.54) is 56.7 Å². The molecule has 14 heteroatoms. The average molecular weight is 493 g/mol. The smallest absolute Gasteiger partial charge is 0.475 e. The number of aromatic nitrogens is 1. The lowest BCUT2D eigenvalue weighted by Crippen LogP contribution is -2.55. The van der Waals surface area contributed by atoms with Crippen molar-refractivity contribution in [3.8, 4) is 0 Å². The number of piperidine rings is 2. The normalized spacial score (nSPS) is 19.3. The van der Waals surface area contributed by atoms with Crippen LogP contribution in [0.4, 0.5) is 26.3 Å². The van der Waals surface area contributed by atoms with E-state index in [9.17, 15) is 26.3 Å². The molecule has 0 amide bonds. The number of rotatable bonds is 2. The van der Waals surface area contributed by atoms with Crippen LogP contribution in [0, 0.1) is 0 Å². The predicted molar refractivity (Wildman–Crippen MR) is 103 cm³/mol. The predicted octanol–water partition coefficient (Wildman–Crippen LogP) is 3.86. The molecule has 2 saturated heterocycles. The minimum atomic E-state index is -5.08. The lowest BCUT2D eigenvalue weighted by molar-refractivity contribution is -0.193. The van der Waals surface area contributed by atoms with Crippen molar-refractivity contribution < 1.29 is 46.1 Å². The summed E-state index contributed by atoms with van der Waals surface area (Å²) in [5.74, 6) is -5.51. The molecule has 7 nitrogen and oxygen atoms in total. The largest absolute Gasteiger partial charge is 0.490 e. The highest BCUT2D eigenvalue weighted by Gasteiger charge is 2.40. The molecule has 0 saturated carbocycles. The van der Waals surface area contributed by atoms with Gasteiger partial charge in [-0.3, -0.25) is 4.90 Å². The number of alkyl halides is 6. The monoisotopic (exact) mass is 493 g/mol. The first-order valence-corrected chi connectivity index (χ1v) is 10.5. The van der Waals surface area contributed by atoms with Gasteiger partial charge in [0.05, 0.1) is 6.54 Å². The Morgan fingerprint density at radius 1 is 1.00 bits per heavy atom. The number of carboxylic acid groups (broad SMARTS) is 2. The van der Waals surface area contributed by atoms with Crippen molar-refractivity contribution in [2.24, 2.45) is 0 Å². The van der Waals surface area contributed by atoms with E-state index in [0.29, 0.717) is 5.54 Å². The lowest BCUT2D eigenvalue weighted by atomic mass is 9.79. The third-order valence-corrected chi connectivity index (χ3v) is 6.07. The summed E-state index contributed by atoms with van der Waals surface area (Å²) in [6.45, 7) is 4.83. The summed E-state index contributed by atoms with van der Waals surface area (Å²) >= 11 is 1.78. The molecule has 3 heterocycles. The van der Waals surface area contributed by atoms with Crippen LogP contribution in [0.2, 0.25) is 0 Å². The molecule has 184 valence electrons. The zero-order chi connectivity index (χ0) is 24.6. The van der Waals surface area contributed by atoms with E-state index in [1.807, 2.05) is 6.20 Å². The van der Waals surface area contributed by atoms with E-state index in [1.54, 1.807) is 11.3 Å². The van der Waals surface area contributed by atoms with Crippen molar-refractivity contribution in [1.82, 2.24) is 14.8 Å². The number of hydrogen-bond donors (Lipinski definition) is 2. The van der Waals surface area contributed by atoms with Crippen LogP contribution >= 0.6 is 11.3 Å². The first-order chi connectivity index (χ1) is 14.7. The van der Waals surface area contributed by atoms with Crippen molar-refractivity contribution in [3.05, 3.63) is 16.6 Å². The molecule has 2 N–H and O–H groups in total. The van der Waals surface area contributed by atoms with E-state index in [-0.39, 0.29) is 0 Å². The molecule has 2 fully saturated rings. The first-order valence-electron chi connectivity index (χ1n) is 9.59. The van der Waals surface area contributed by atoms with Gasteiger partial charge < -0.3 is 15.1 Å². The molecule has 2 aliphatic heterocycles.